The fourth-order valence-corrected chi connectivity index (χ4v) is 12.7. The molecule has 84 heavy (non-hydrogen) atoms. The molecule has 5 aliphatic rings. The first-order valence-corrected chi connectivity index (χ1v) is 31.8. The van der Waals surface area contributed by atoms with Crippen molar-refractivity contribution >= 4 is 41.0 Å². The number of ether oxygens (including phenoxy) is 14. The molecule has 3 aromatic rings. The van der Waals surface area contributed by atoms with Crippen molar-refractivity contribution in [2.75, 3.05) is 19.8 Å². The zero-order chi connectivity index (χ0) is 60.2. The molecular formula is C65H93Cl3O16. The van der Waals surface area contributed by atoms with Gasteiger partial charge in [-0.05, 0) is 77.9 Å². The molecule has 8 rings (SSSR count). The Morgan fingerprint density at radius 2 is 0.964 bits per heavy atom. The maximum absolute atomic E-state index is 13.1. The molecule has 5 saturated heterocycles. The van der Waals surface area contributed by atoms with Crippen LogP contribution in [-0.2, 0) is 86.1 Å². The molecule has 0 aliphatic carbocycles. The molecule has 3 aromatic carbocycles. The van der Waals surface area contributed by atoms with Gasteiger partial charge in [0, 0.05) is 11.8 Å². The van der Waals surface area contributed by atoms with Crippen LogP contribution in [0.1, 0.15) is 119 Å². The highest BCUT2D eigenvalue weighted by Gasteiger charge is 2.55. The van der Waals surface area contributed by atoms with Crippen LogP contribution in [-0.4, -0.2) is 133 Å². The highest BCUT2D eigenvalue weighted by molar-refractivity contribution is 6.67. The van der Waals surface area contributed by atoms with Gasteiger partial charge in [-0.3, -0.25) is 0 Å². The Labute approximate surface area is 513 Å². The number of benzene rings is 3. The smallest absolute Gasteiger partial charge is 0.430 e. The summed E-state index contributed by atoms with van der Waals surface area (Å²) < 4.78 is 92.1. The van der Waals surface area contributed by atoms with Gasteiger partial charge in [-0.1, -0.05) is 202 Å². The molecule has 0 amide bonds. The van der Waals surface area contributed by atoms with E-state index in [0.717, 1.165) is 23.1 Å². The van der Waals surface area contributed by atoms with Crippen molar-refractivity contribution in [3.8, 4) is 0 Å². The number of hydrogen-bond donors (Lipinski definition) is 1. The minimum Gasteiger partial charge on any atom is -0.430 e. The summed E-state index contributed by atoms with van der Waals surface area (Å²) >= 11 is 17.8. The van der Waals surface area contributed by atoms with Crippen molar-refractivity contribution in [3.63, 3.8) is 0 Å². The van der Waals surface area contributed by atoms with Crippen LogP contribution in [0.5, 0.6) is 0 Å². The lowest BCUT2D eigenvalue weighted by Crippen LogP contribution is -2.65. The molecule has 0 radical (unpaired) electrons. The molecular weight excluding hydrogens is 1140 g/mol. The lowest BCUT2D eigenvalue weighted by atomic mass is 9.78. The molecule has 5 aliphatic heterocycles. The second-order valence-electron chi connectivity index (χ2n) is 24.2. The van der Waals surface area contributed by atoms with Crippen LogP contribution in [0.2, 0.25) is 0 Å². The molecule has 0 bridgehead atoms. The van der Waals surface area contributed by atoms with Crippen LogP contribution >= 0.6 is 34.8 Å². The Morgan fingerprint density at radius 1 is 0.488 bits per heavy atom. The van der Waals surface area contributed by atoms with Crippen molar-refractivity contribution in [1.82, 2.24) is 0 Å². The van der Waals surface area contributed by atoms with E-state index >= 15 is 0 Å². The van der Waals surface area contributed by atoms with E-state index in [1.807, 2.05) is 105 Å². The maximum Gasteiger partial charge on any atom is 0.508 e. The van der Waals surface area contributed by atoms with E-state index in [1.54, 1.807) is 0 Å². The average Bonchev–Trinajstić information content (AvgIpc) is 1.34. The lowest BCUT2D eigenvalue weighted by Gasteiger charge is -2.52. The number of aliphatic hydroxyl groups is 1. The van der Waals surface area contributed by atoms with Gasteiger partial charge in [0.1, 0.15) is 43.2 Å². The molecule has 16 nitrogen and oxygen atoms in total. The monoisotopic (exact) mass is 1230 g/mol. The van der Waals surface area contributed by atoms with Crippen LogP contribution in [0.4, 0.5) is 4.79 Å². The Bertz CT molecular complexity index is 2390. The van der Waals surface area contributed by atoms with Crippen molar-refractivity contribution in [1.29, 1.82) is 0 Å². The molecule has 0 spiro atoms. The summed E-state index contributed by atoms with van der Waals surface area (Å²) in [6.45, 7) is 23.6. The maximum atomic E-state index is 13.1. The Hall–Kier alpha value is -2.72. The fraction of sp³-hybridized carbons (Fsp3) is 0.708. The summed E-state index contributed by atoms with van der Waals surface area (Å²) in [6, 6.07) is 29.7. The van der Waals surface area contributed by atoms with E-state index in [2.05, 4.69) is 62.3 Å². The van der Waals surface area contributed by atoms with E-state index in [9.17, 15) is 9.90 Å². The second kappa shape index (κ2) is 31.6. The summed E-state index contributed by atoms with van der Waals surface area (Å²) in [5.74, 6) is 0.276. The van der Waals surface area contributed by atoms with Gasteiger partial charge in [0.05, 0.1) is 57.5 Å². The third kappa shape index (κ3) is 17.6. The summed E-state index contributed by atoms with van der Waals surface area (Å²) in [4.78, 5) is 13.1. The van der Waals surface area contributed by atoms with Gasteiger partial charge >= 0.3 is 6.16 Å². The van der Waals surface area contributed by atoms with Gasteiger partial charge in [0.25, 0.3) is 0 Å². The summed E-state index contributed by atoms with van der Waals surface area (Å²) in [5.41, 5.74) is 2.88. The van der Waals surface area contributed by atoms with E-state index in [-0.39, 0.29) is 73.6 Å². The molecule has 0 saturated carbocycles. The highest BCUT2D eigenvalue weighted by Crippen LogP contribution is 2.44. The van der Waals surface area contributed by atoms with Crippen LogP contribution in [0, 0.1) is 47.3 Å². The first-order chi connectivity index (χ1) is 40.3. The van der Waals surface area contributed by atoms with Gasteiger partial charge in [0.2, 0.25) is 3.79 Å². The standard InChI is InChI=1S/C65H93Cl3O16/c1-12-48-37(4)30-51(81-64(70)75-36-65(66,67)68)61(76-48)74-35-52-54(69)57(84-62-56(41(8)40(7)50(14-3)78-62)83-60-43(10)38(5)39(6)49(13-2)77-60)58(72-32-46-26-20-16-21-27-46)63(79-52)82-55-42(9)44(11)59(73-33-47-28-22-17-23-29-47)80-53(55)34-71-31-45-24-18-15-19-25-45/h15-29,37-44,48-63,69H,12-14,30-36H2,1-11H3/t37-,38?,39-,40+,41+,42?,43-,44-,48?,49?,50?,51+,52?,53?,54+,55-,56?,57?,58+,59+,60-,61-,62-,63-/m0/s1. The van der Waals surface area contributed by atoms with Crippen LogP contribution in [0.15, 0.2) is 91.0 Å². The molecule has 0 aromatic heterocycles. The predicted octanol–water partition coefficient (Wildman–Crippen LogP) is 12.8. The largest absolute Gasteiger partial charge is 0.508 e. The minimum absolute atomic E-state index is 0.00100. The SMILES string of the molecule is CCC1O[C@@H](OC2[C@H](OC3[C@H](O)C(CO[C@H]4OC(CC)[C@@H](C)C[C@H]4OC(=O)OCC(Cl)(Cl)Cl)O[C@@H](O[C@@H]4C(COCc5ccccc5)O[C@@H](OCc5ccccc5)[C@@H](C)C4C)[C@@H]3OCc3ccccc3)OC(CC)[C@H](C)[C@H]2C)[C@@H](C)C(C)[C@@H]1C. The van der Waals surface area contributed by atoms with Crippen LogP contribution in [0.3, 0.4) is 0 Å². The zero-order valence-electron chi connectivity index (χ0n) is 50.8. The first kappa shape index (κ1) is 67.2. The molecule has 9 unspecified atom stereocenters. The van der Waals surface area contributed by atoms with Crippen LogP contribution in [0.25, 0.3) is 0 Å². The normalized spacial score (nSPS) is 38.5. The van der Waals surface area contributed by atoms with E-state index < -0.39 is 96.8 Å². The summed E-state index contributed by atoms with van der Waals surface area (Å²) in [7, 11) is 0. The molecule has 470 valence electrons. The van der Waals surface area contributed by atoms with Crippen molar-refractivity contribution in [3.05, 3.63) is 108 Å². The number of halogens is 3. The topological polar surface area (TPSA) is 167 Å². The summed E-state index contributed by atoms with van der Waals surface area (Å²) in [6.07, 6.45) is -11.4. The quantitative estimate of drug-likeness (QED) is 0.0664. The van der Waals surface area contributed by atoms with Crippen molar-refractivity contribution in [2.24, 2.45) is 47.3 Å². The lowest BCUT2D eigenvalue weighted by molar-refractivity contribution is -0.390. The first-order valence-electron chi connectivity index (χ1n) is 30.6. The second-order valence-corrected chi connectivity index (χ2v) is 26.7. The fourth-order valence-electron chi connectivity index (χ4n) is 12.5. The molecule has 19 heteroatoms. The Balaban J connectivity index is 1.16. The van der Waals surface area contributed by atoms with Gasteiger partial charge in [-0.2, -0.15) is 0 Å². The number of rotatable bonds is 24. The van der Waals surface area contributed by atoms with Crippen molar-refractivity contribution in [2.45, 2.75) is 224 Å². The third-order valence-corrected chi connectivity index (χ3v) is 18.8. The van der Waals surface area contributed by atoms with Crippen LogP contribution < -0.4 is 0 Å². The predicted molar refractivity (Wildman–Crippen MR) is 318 cm³/mol. The highest BCUT2D eigenvalue weighted by atomic mass is 35.6. The Morgan fingerprint density at radius 3 is 1.56 bits per heavy atom. The van der Waals surface area contributed by atoms with E-state index in [0.29, 0.717) is 44.3 Å². The van der Waals surface area contributed by atoms with E-state index in [1.165, 1.54) is 0 Å². The van der Waals surface area contributed by atoms with Crippen molar-refractivity contribution < 1.29 is 76.2 Å². The van der Waals surface area contributed by atoms with Gasteiger partial charge in [-0.25, -0.2) is 4.79 Å². The van der Waals surface area contributed by atoms with Gasteiger partial charge < -0.3 is 71.4 Å². The van der Waals surface area contributed by atoms with Gasteiger partial charge in [0.15, 0.2) is 37.6 Å². The number of carbonyl (C=O) groups excluding carboxylic acids is 1. The number of aliphatic hydroxyl groups excluding tert-OH is 1. The van der Waals surface area contributed by atoms with E-state index in [4.69, 9.17) is 101 Å². The molecule has 24 atom stereocenters. The number of carbonyl (C=O) groups is 1. The number of alkyl halides is 3. The third-order valence-electron chi connectivity index (χ3n) is 18.5. The Kier molecular flexibility index (Phi) is 25.3. The molecule has 1 N–H and O–H groups in total. The zero-order valence-corrected chi connectivity index (χ0v) is 53.1. The summed E-state index contributed by atoms with van der Waals surface area (Å²) in [5, 5.41) is 13.1. The van der Waals surface area contributed by atoms with Gasteiger partial charge in [-0.15, -0.1) is 0 Å². The molecule has 5 fully saturated rings. The average molecular weight is 1240 g/mol. The molecule has 5 heterocycles. The minimum atomic E-state index is -1.86. The number of hydrogen-bond acceptors (Lipinski definition) is 16.